The molecule has 0 radical (unpaired) electrons. The van der Waals surface area contributed by atoms with E-state index in [-0.39, 0.29) is 25.1 Å². The number of amides is 2. The van der Waals surface area contributed by atoms with E-state index in [0.29, 0.717) is 30.9 Å². The number of carbonyl (C=O) groups excluding carboxylic acids is 3. The fraction of sp³-hybridized carbons (Fsp3) is 0.581. The number of nitrogens with one attached hydrogen (secondary N) is 1. The molecule has 1 aromatic carbocycles. The number of hydrogen-bond acceptors (Lipinski definition) is 9. The number of para-hydroxylation sites is 2. The minimum absolute atomic E-state index is 0.0837. The SMILES string of the molecule is COC(=O)[C@@H]1C[C@]2(C)CN1C(=O)[C@H](C(C)(C)C)NC(=O)O[C@@H]1CCC[C@H]1OC/C=C\C(F)(F)c1nc3ccccc3nc1O2. The number of carbonyl (C=O) groups is 3. The molecule has 5 atom stereocenters. The van der Waals surface area contributed by atoms with Crippen molar-refractivity contribution in [1.29, 1.82) is 0 Å². The number of ether oxygens (including phenoxy) is 4. The Bertz CT molecular complexity index is 1460. The molecule has 0 spiro atoms. The molecular formula is C31H38F2N4O7. The first-order valence-corrected chi connectivity index (χ1v) is 14.7. The topological polar surface area (TPSA) is 129 Å². The van der Waals surface area contributed by atoms with Crippen molar-refractivity contribution in [3.8, 4) is 5.88 Å². The fourth-order valence-corrected chi connectivity index (χ4v) is 5.99. The van der Waals surface area contributed by atoms with Crippen LogP contribution in [0.4, 0.5) is 13.6 Å². The van der Waals surface area contributed by atoms with E-state index in [4.69, 9.17) is 18.9 Å². The van der Waals surface area contributed by atoms with Gasteiger partial charge in [-0.3, -0.25) is 4.79 Å². The Labute approximate surface area is 254 Å². The van der Waals surface area contributed by atoms with Crippen molar-refractivity contribution in [2.24, 2.45) is 5.41 Å². The van der Waals surface area contributed by atoms with Gasteiger partial charge in [-0.1, -0.05) is 39.0 Å². The van der Waals surface area contributed by atoms with Crippen LogP contribution in [-0.2, 0) is 29.7 Å². The number of alkyl carbamates (subject to hydrolysis) is 1. The second-order valence-corrected chi connectivity index (χ2v) is 12.8. The van der Waals surface area contributed by atoms with E-state index in [0.717, 1.165) is 0 Å². The molecule has 1 aliphatic carbocycles. The molecule has 1 N–H and O–H groups in total. The molecule has 13 heteroatoms. The van der Waals surface area contributed by atoms with Gasteiger partial charge in [0.2, 0.25) is 11.8 Å². The summed E-state index contributed by atoms with van der Waals surface area (Å²) in [6, 6.07) is 4.34. The molecule has 2 fully saturated rings. The zero-order valence-corrected chi connectivity index (χ0v) is 25.5. The van der Waals surface area contributed by atoms with Crippen LogP contribution in [-0.4, -0.2) is 83.0 Å². The van der Waals surface area contributed by atoms with E-state index in [1.807, 2.05) is 0 Å². The Balaban J connectivity index is 1.60. The number of allylic oxidation sites excluding steroid dienone is 1. The summed E-state index contributed by atoms with van der Waals surface area (Å²) in [5.41, 5.74) is -2.28. The number of fused-ring (bicyclic) bond motifs is 5. The Morgan fingerprint density at radius 1 is 1.11 bits per heavy atom. The zero-order valence-electron chi connectivity index (χ0n) is 25.5. The van der Waals surface area contributed by atoms with Crippen LogP contribution in [0.1, 0.15) is 59.1 Å². The normalized spacial score (nSPS) is 30.2. The molecule has 0 unspecified atom stereocenters. The van der Waals surface area contributed by atoms with Crippen LogP contribution in [0.5, 0.6) is 5.88 Å². The number of nitrogens with zero attached hydrogens (tertiary/aromatic N) is 3. The van der Waals surface area contributed by atoms with Gasteiger partial charge in [-0.25, -0.2) is 19.6 Å². The fourth-order valence-electron chi connectivity index (χ4n) is 5.99. The highest BCUT2D eigenvalue weighted by atomic mass is 19.3. The summed E-state index contributed by atoms with van der Waals surface area (Å²) >= 11 is 0. The van der Waals surface area contributed by atoms with E-state index in [1.54, 1.807) is 52.0 Å². The summed E-state index contributed by atoms with van der Waals surface area (Å²) in [6.45, 7) is 6.58. The van der Waals surface area contributed by atoms with Crippen molar-refractivity contribution in [1.82, 2.24) is 20.2 Å². The molecule has 1 saturated carbocycles. The lowest BCUT2D eigenvalue weighted by Crippen LogP contribution is -2.57. The third kappa shape index (κ3) is 6.47. The minimum atomic E-state index is -3.61. The van der Waals surface area contributed by atoms with E-state index in [2.05, 4.69) is 15.3 Å². The number of esters is 1. The Morgan fingerprint density at radius 2 is 1.80 bits per heavy atom. The number of benzene rings is 1. The van der Waals surface area contributed by atoms with Gasteiger partial charge in [-0.2, -0.15) is 8.78 Å². The van der Waals surface area contributed by atoms with Gasteiger partial charge in [0.15, 0.2) is 5.69 Å². The van der Waals surface area contributed by atoms with Gasteiger partial charge in [0.25, 0.3) is 0 Å². The molecule has 44 heavy (non-hydrogen) atoms. The lowest BCUT2D eigenvalue weighted by molar-refractivity contribution is -0.152. The monoisotopic (exact) mass is 616 g/mol. The highest BCUT2D eigenvalue weighted by Crippen LogP contribution is 2.40. The van der Waals surface area contributed by atoms with Crippen molar-refractivity contribution in [2.45, 2.75) is 89.2 Å². The summed E-state index contributed by atoms with van der Waals surface area (Å²) < 4.78 is 54.3. The van der Waals surface area contributed by atoms with E-state index in [9.17, 15) is 14.4 Å². The number of methoxy groups -OCH3 is 1. The summed E-state index contributed by atoms with van der Waals surface area (Å²) in [7, 11) is 1.19. The largest absolute Gasteiger partial charge is 0.468 e. The molecule has 1 aromatic heterocycles. The van der Waals surface area contributed by atoms with Crippen molar-refractivity contribution >= 4 is 29.0 Å². The molecule has 3 aliphatic rings. The first-order chi connectivity index (χ1) is 20.7. The van der Waals surface area contributed by atoms with Crippen molar-refractivity contribution in [3.63, 3.8) is 0 Å². The summed E-state index contributed by atoms with van der Waals surface area (Å²) in [5, 5.41) is 2.71. The molecule has 1 saturated heterocycles. The summed E-state index contributed by atoms with van der Waals surface area (Å²) in [5.74, 6) is -5.33. The zero-order chi connectivity index (χ0) is 31.9. The predicted octanol–water partition coefficient (Wildman–Crippen LogP) is 4.28. The number of rotatable bonds is 1. The Hall–Kier alpha value is -3.87. The molecule has 3 heterocycles. The third-order valence-electron chi connectivity index (χ3n) is 8.22. The van der Waals surface area contributed by atoms with Crippen LogP contribution in [0.3, 0.4) is 0 Å². The van der Waals surface area contributed by atoms with Gasteiger partial charge in [-0.05, 0) is 49.8 Å². The smallest absolute Gasteiger partial charge is 0.408 e. The summed E-state index contributed by atoms with van der Waals surface area (Å²) in [6.07, 6.45) is 1.65. The van der Waals surface area contributed by atoms with Gasteiger partial charge in [0.1, 0.15) is 23.8 Å². The first-order valence-electron chi connectivity index (χ1n) is 14.7. The third-order valence-corrected chi connectivity index (χ3v) is 8.22. The van der Waals surface area contributed by atoms with Crippen LogP contribution < -0.4 is 10.1 Å². The van der Waals surface area contributed by atoms with Crippen LogP contribution in [0.15, 0.2) is 36.4 Å². The van der Waals surface area contributed by atoms with Gasteiger partial charge in [0, 0.05) is 6.42 Å². The maximum absolute atomic E-state index is 15.8. The predicted molar refractivity (Wildman–Crippen MR) is 154 cm³/mol. The highest BCUT2D eigenvalue weighted by molar-refractivity contribution is 5.91. The lowest BCUT2D eigenvalue weighted by Gasteiger charge is -2.35. The maximum Gasteiger partial charge on any atom is 0.408 e. The molecule has 11 nitrogen and oxygen atoms in total. The summed E-state index contributed by atoms with van der Waals surface area (Å²) in [4.78, 5) is 50.1. The average Bonchev–Trinajstić information content (AvgIpc) is 3.55. The van der Waals surface area contributed by atoms with Gasteiger partial charge >= 0.3 is 18.0 Å². The maximum atomic E-state index is 15.8. The van der Waals surface area contributed by atoms with Crippen molar-refractivity contribution in [2.75, 3.05) is 20.3 Å². The Morgan fingerprint density at radius 3 is 2.48 bits per heavy atom. The molecule has 2 amide bonds. The second kappa shape index (κ2) is 11.9. The molecule has 5 rings (SSSR count). The van der Waals surface area contributed by atoms with E-state index >= 15 is 8.78 Å². The van der Waals surface area contributed by atoms with Crippen molar-refractivity contribution < 1.29 is 42.1 Å². The number of hydrogen-bond donors (Lipinski definition) is 1. The standard InChI is InChI=1S/C31H38F2N4O7/c1-29(2,3)24-26(38)37-17-30(4,16-20(37)27(39)41-5)44-25-23(34-18-10-6-7-11-19(18)35-25)31(32,33)14-9-15-42-21-12-8-13-22(21)43-28(40)36-24/h6-7,9-11,14,20-22,24H,8,12-13,15-17H2,1-5H3,(H,36,40)/b14-9-/t20-,21+,22+,24+,30+/m0/s1. The number of aromatic nitrogens is 2. The Kier molecular flexibility index (Phi) is 8.54. The molecule has 2 bridgehead atoms. The minimum Gasteiger partial charge on any atom is -0.468 e. The van der Waals surface area contributed by atoms with Gasteiger partial charge in [0.05, 0.1) is 37.4 Å². The molecule has 2 aliphatic heterocycles. The quantitative estimate of drug-likeness (QED) is 0.369. The molecular weight excluding hydrogens is 578 g/mol. The molecule has 238 valence electrons. The average molecular weight is 617 g/mol. The van der Waals surface area contributed by atoms with Crippen LogP contribution in [0.25, 0.3) is 11.0 Å². The van der Waals surface area contributed by atoms with E-state index < -0.39 is 70.8 Å². The van der Waals surface area contributed by atoms with Crippen LogP contribution >= 0.6 is 0 Å². The van der Waals surface area contributed by atoms with Crippen molar-refractivity contribution in [3.05, 3.63) is 42.1 Å². The van der Waals surface area contributed by atoms with Gasteiger partial charge < -0.3 is 29.2 Å². The van der Waals surface area contributed by atoms with Gasteiger partial charge in [-0.15, -0.1) is 0 Å². The number of halogens is 2. The lowest BCUT2D eigenvalue weighted by atomic mass is 9.85. The number of alkyl halides is 2. The highest BCUT2D eigenvalue weighted by Gasteiger charge is 2.52. The second-order valence-electron chi connectivity index (χ2n) is 12.8. The van der Waals surface area contributed by atoms with E-state index in [1.165, 1.54) is 18.1 Å². The first kappa shape index (κ1) is 31.6. The van der Waals surface area contributed by atoms with Crippen LogP contribution in [0, 0.1) is 5.41 Å². The van der Waals surface area contributed by atoms with Crippen LogP contribution in [0.2, 0.25) is 0 Å². The molecule has 2 aromatic rings.